The molecule has 0 amide bonds. The molecule has 6 aromatic rings. The van der Waals surface area contributed by atoms with Gasteiger partial charge in [0.1, 0.15) is 11.6 Å². The number of fused-ring (bicyclic) bond motifs is 3. The van der Waals surface area contributed by atoms with Crippen LogP contribution in [0.15, 0.2) is 91.1 Å². The van der Waals surface area contributed by atoms with Crippen LogP contribution in [0.2, 0.25) is 0 Å². The van der Waals surface area contributed by atoms with E-state index in [2.05, 4.69) is 79.1 Å². The van der Waals surface area contributed by atoms with Gasteiger partial charge in [0, 0.05) is 34.3 Å². The molecule has 6 rings (SSSR count). The molecule has 0 N–H and O–H groups in total. The van der Waals surface area contributed by atoms with Crippen molar-refractivity contribution in [3.63, 3.8) is 0 Å². The number of nitrogens with zero attached hydrogens (tertiary/aromatic N) is 4. The Hall–Kier alpha value is -4.38. The summed E-state index contributed by atoms with van der Waals surface area (Å²) in [5.41, 5.74) is 7.55. The van der Waals surface area contributed by atoms with Gasteiger partial charge in [-0.15, -0.1) is 0 Å². The first-order valence-corrected chi connectivity index (χ1v) is 11.3. The molecule has 0 aliphatic carbocycles. The third-order valence-electron chi connectivity index (χ3n) is 6.44. The Morgan fingerprint density at radius 2 is 1.53 bits per heavy atom. The molecule has 166 valence electrons. The van der Waals surface area contributed by atoms with Crippen LogP contribution in [0.3, 0.4) is 0 Å². The molecule has 0 fully saturated rings. The Morgan fingerprint density at radius 1 is 0.765 bits per heavy atom. The van der Waals surface area contributed by atoms with Gasteiger partial charge in [0.25, 0.3) is 0 Å². The summed E-state index contributed by atoms with van der Waals surface area (Å²) >= 11 is 0. The molecule has 3 heterocycles. The Labute approximate surface area is 197 Å². The summed E-state index contributed by atoms with van der Waals surface area (Å²) in [5, 5.41) is 7.21. The first kappa shape index (κ1) is 20.2. The third kappa shape index (κ3) is 3.09. The molecular weight excluding hydrogens is 420 g/mol. The summed E-state index contributed by atoms with van der Waals surface area (Å²) < 4.78 is 9.75. The number of benzene rings is 3. The summed E-state index contributed by atoms with van der Waals surface area (Å²) in [6.45, 7) is 4.18. The minimum absolute atomic E-state index is 0.823. The fourth-order valence-electron chi connectivity index (χ4n) is 4.90. The zero-order valence-electron chi connectivity index (χ0n) is 19.4. The summed E-state index contributed by atoms with van der Waals surface area (Å²) in [6, 6.07) is 29.1. The molecular formula is C29H24N4O. The van der Waals surface area contributed by atoms with Gasteiger partial charge in [-0.25, -0.2) is 9.67 Å². The molecule has 0 atom stereocenters. The monoisotopic (exact) mass is 444 g/mol. The summed E-state index contributed by atoms with van der Waals surface area (Å²) in [6.07, 6.45) is 1.88. The lowest BCUT2D eigenvalue weighted by molar-refractivity contribution is 0.415. The zero-order chi connectivity index (χ0) is 23.2. The lowest BCUT2D eigenvalue weighted by Gasteiger charge is -2.10. The minimum atomic E-state index is 0.823. The second-order valence-electron chi connectivity index (χ2n) is 8.43. The molecule has 0 spiro atoms. The molecule has 0 bridgehead atoms. The van der Waals surface area contributed by atoms with Gasteiger partial charge in [-0.3, -0.25) is 4.57 Å². The minimum Gasteiger partial charge on any atom is -0.497 e. The van der Waals surface area contributed by atoms with Crippen LogP contribution in [0.1, 0.15) is 11.4 Å². The standard InChI is InChI=1S/C29H24N4O/c1-19-29(20(2)33(31-19)22-9-5-4-6-10-22)21-15-16-30-28(17-21)32-26-12-8-7-11-24(26)25-14-13-23(34-3)18-27(25)32/h4-18H,1-3H3. The van der Waals surface area contributed by atoms with E-state index in [0.29, 0.717) is 0 Å². The van der Waals surface area contributed by atoms with Gasteiger partial charge in [0.15, 0.2) is 0 Å². The highest BCUT2D eigenvalue weighted by Gasteiger charge is 2.18. The maximum atomic E-state index is 5.53. The number of rotatable bonds is 4. The molecule has 5 heteroatoms. The van der Waals surface area contributed by atoms with E-state index in [1.165, 1.54) is 10.8 Å². The lowest BCUT2D eigenvalue weighted by atomic mass is 10.0. The Balaban J connectivity index is 1.57. The van der Waals surface area contributed by atoms with Crippen molar-refractivity contribution in [2.75, 3.05) is 7.11 Å². The largest absolute Gasteiger partial charge is 0.497 e. The van der Waals surface area contributed by atoms with Crippen LogP contribution in [-0.2, 0) is 0 Å². The first-order valence-electron chi connectivity index (χ1n) is 11.3. The summed E-state index contributed by atoms with van der Waals surface area (Å²) in [7, 11) is 1.70. The molecule has 0 radical (unpaired) electrons. The highest BCUT2D eigenvalue weighted by Crippen LogP contribution is 2.35. The SMILES string of the molecule is COc1ccc2c3ccccc3n(-c3cc(-c4c(C)nn(-c5ccccc5)c4C)ccn3)c2c1. The van der Waals surface area contributed by atoms with Crippen molar-refractivity contribution in [3.8, 4) is 28.4 Å². The molecule has 34 heavy (non-hydrogen) atoms. The van der Waals surface area contributed by atoms with Crippen molar-refractivity contribution < 1.29 is 4.74 Å². The maximum absolute atomic E-state index is 5.53. The molecule has 0 saturated carbocycles. The number of aryl methyl sites for hydroxylation is 1. The van der Waals surface area contributed by atoms with E-state index >= 15 is 0 Å². The zero-order valence-corrected chi connectivity index (χ0v) is 19.4. The van der Waals surface area contributed by atoms with Crippen LogP contribution >= 0.6 is 0 Å². The number of aromatic nitrogens is 4. The van der Waals surface area contributed by atoms with Crippen molar-refractivity contribution in [1.29, 1.82) is 0 Å². The topological polar surface area (TPSA) is 44.9 Å². The van der Waals surface area contributed by atoms with Crippen molar-refractivity contribution >= 4 is 21.8 Å². The van der Waals surface area contributed by atoms with Gasteiger partial charge in [-0.05, 0) is 61.9 Å². The van der Waals surface area contributed by atoms with E-state index in [-0.39, 0.29) is 0 Å². The van der Waals surface area contributed by atoms with Crippen molar-refractivity contribution in [1.82, 2.24) is 19.3 Å². The Bertz CT molecular complexity index is 1660. The van der Waals surface area contributed by atoms with Crippen LogP contribution in [0.25, 0.3) is 44.4 Å². The van der Waals surface area contributed by atoms with Crippen molar-refractivity contribution in [2.24, 2.45) is 0 Å². The molecule has 3 aromatic heterocycles. The fourth-order valence-corrected chi connectivity index (χ4v) is 4.90. The van der Waals surface area contributed by atoms with Gasteiger partial charge in [-0.1, -0.05) is 36.4 Å². The van der Waals surface area contributed by atoms with E-state index in [0.717, 1.165) is 50.8 Å². The molecule has 0 aliphatic heterocycles. The quantitative estimate of drug-likeness (QED) is 0.305. The molecule has 0 unspecified atom stereocenters. The predicted molar refractivity (Wildman–Crippen MR) is 137 cm³/mol. The second kappa shape index (κ2) is 7.89. The third-order valence-corrected chi connectivity index (χ3v) is 6.44. The number of hydrogen-bond donors (Lipinski definition) is 0. The van der Waals surface area contributed by atoms with E-state index in [9.17, 15) is 0 Å². The number of para-hydroxylation sites is 2. The normalized spacial score (nSPS) is 11.4. The van der Waals surface area contributed by atoms with Gasteiger partial charge in [0.05, 0.1) is 29.5 Å². The fraction of sp³-hybridized carbons (Fsp3) is 0.103. The highest BCUT2D eigenvalue weighted by molar-refractivity contribution is 6.09. The lowest BCUT2D eigenvalue weighted by Crippen LogP contribution is -1.99. The number of methoxy groups -OCH3 is 1. The van der Waals surface area contributed by atoms with Gasteiger partial charge < -0.3 is 4.74 Å². The summed E-state index contributed by atoms with van der Waals surface area (Å²) in [4.78, 5) is 4.78. The molecule has 3 aromatic carbocycles. The van der Waals surface area contributed by atoms with Crippen molar-refractivity contribution in [2.45, 2.75) is 13.8 Å². The average molecular weight is 445 g/mol. The van der Waals surface area contributed by atoms with Crippen LogP contribution in [-0.4, -0.2) is 26.4 Å². The van der Waals surface area contributed by atoms with Crippen LogP contribution in [0.5, 0.6) is 5.75 Å². The first-order chi connectivity index (χ1) is 16.7. The molecule has 5 nitrogen and oxygen atoms in total. The molecule has 0 aliphatic rings. The van der Waals surface area contributed by atoms with Crippen molar-refractivity contribution in [3.05, 3.63) is 103 Å². The van der Waals surface area contributed by atoms with Crippen LogP contribution < -0.4 is 4.74 Å². The number of pyridine rings is 1. The van der Waals surface area contributed by atoms with Gasteiger partial charge in [-0.2, -0.15) is 5.10 Å². The van der Waals surface area contributed by atoms with Gasteiger partial charge >= 0.3 is 0 Å². The maximum Gasteiger partial charge on any atom is 0.138 e. The number of ether oxygens (including phenoxy) is 1. The number of hydrogen-bond acceptors (Lipinski definition) is 3. The van der Waals surface area contributed by atoms with Crippen LogP contribution in [0.4, 0.5) is 0 Å². The second-order valence-corrected chi connectivity index (χ2v) is 8.43. The Kier molecular flexibility index (Phi) is 4.69. The van der Waals surface area contributed by atoms with E-state index in [1.807, 2.05) is 35.1 Å². The highest BCUT2D eigenvalue weighted by atomic mass is 16.5. The average Bonchev–Trinajstić information content (AvgIpc) is 3.37. The van der Waals surface area contributed by atoms with Gasteiger partial charge in [0.2, 0.25) is 0 Å². The van der Waals surface area contributed by atoms with E-state index < -0.39 is 0 Å². The Morgan fingerprint density at radius 3 is 2.35 bits per heavy atom. The van der Waals surface area contributed by atoms with E-state index in [4.69, 9.17) is 14.8 Å². The summed E-state index contributed by atoms with van der Waals surface area (Å²) in [5.74, 6) is 1.69. The molecule has 0 saturated heterocycles. The van der Waals surface area contributed by atoms with Crippen LogP contribution in [0, 0.1) is 13.8 Å². The van der Waals surface area contributed by atoms with E-state index in [1.54, 1.807) is 7.11 Å². The smallest absolute Gasteiger partial charge is 0.138 e. The predicted octanol–water partition coefficient (Wildman–Crippen LogP) is 6.66.